The van der Waals surface area contributed by atoms with Crippen LogP contribution in [0.25, 0.3) is 0 Å². The summed E-state index contributed by atoms with van der Waals surface area (Å²) in [7, 11) is -13.0. The summed E-state index contributed by atoms with van der Waals surface area (Å²) >= 11 is 3.47. The van der Waals surface area contributed by atoms with Gasteiger partial charge in [-0.3, -0.25) is 9.11 Å². The fraction of sp³-hybridized carbons (Fsp3) is 0. The van der Waals surface area contributed by atoms with E-state index in [9.17, 15) is 0 Å². The van der Waals surface area contributed by atoms with Gasteiger partial charge >= 0.3 is 81.1 Å². The van der Waals surface area contributed by atoms with Crippen LogP contribution in [-0.2, 0) is 20.2 Å². The van der Waals surface area contributed by atoms with Crippen LogP contribution in [0.3, 0.4) is 0 Å². The van der Waals surface area contributed by atoms with Gasteiger partial charge in [0.25, 0.3) is 9.05 Å². The number of hydrogen-bond acceptors (Lipinski definition) is 14. The van der Waals surface area contributed by atoms with Crippen LogP contribution in [0.2, 0.25) is 0 Å². The van der Waals surface area contributed by atoms with E-state index in [2.05, 4.69) is 11.2 Å². The summed E-state index contributed by atoms with van der Waals surface area (Å²) in [5.74, 6) is 0. The average molecular weight is 405 g/mol. The van der Waals surface area contributed by atoms with E-state index in [4.69, 9.17) is 73.6 Å². The molecule has 0 aromatic rings. The predicted molar refractivity (Wildman–Crippen MR) is 66.0 cm³/mol. The number of rotatable bonds is 0. The molecule has 0 aliphatic heterocycles. The molecular formula is H12B4Na2O15S2. The Kier molecular flexibility index (Phi) is 61.5. The van der Waals surface area contributed by atoms with Crippen LogP contribution < -0.4 is 69.2 Å². The monoisotopic (exact) mass is 406 g/mol. The molecule has 0 radical (unpaired) electrons. The van der Waals surface area contributed by atoms with Crippen LogP contribution in [0.1, 0.15) is 0 Å². The molecule has 128 valence electrons. The maximum atomic E-state index is 9.11. The molecule has 0 aromatic heterocycles. The van der Waals surface area contributed by atoms with E-state index >= 15 is 0 Å². The Bertz CT molecular complexity index is 213. The van der Waals surface area contributed by atoms with Crippen molar-refractivity contribution in [3.05, 3.63) is 0 Å². The molecule has 23 heteroatoms. The maximum absolute atomic E-state index is 9.11. The fourth-order valence-electron chi connectivity index (χ4n) is 0. The third-order valence-corrected chi connectivity index (χ3v) is 0. The van der Waals surface area contributed by atoms with E-state index in [0.29, 0.717) is 0 Å². The fourth-order valence-corrected chi connectivity index (χ4v) is 0. The van der Waals surface area contributed by atoms with Crippen molar-refractivity contribution in [1.82, 2.24) is 0 Å². The van der Waals surface area contributed by atoms with Crippen LogP contribution in [0.15, 0.2) is 0 Å². The van der Waals surface area contributed by atoms with Crippen molar-refractivity contribution in [2.24, 2.45) is 0 Å². The van der Waals surface area contributed by atoms with E-state index in [0.717, 1.165) is 0 Å². The van der Waals surface area contributed by atoms with E-state index in [1.807, 2.05) is 0 Å². The van der Waals surface area contributed by atoms with Crippen LogP contribution in [0.4, 0.5) is 0 Å². The van der Waals surface area contributed by atoms with Crippen molar-refractivity contribution >= 4 is 49.5 Å². The van der Waals surface area contributed by atoms with Gasteiger partial charge in [0.15, 0.2) is 0 Å². The Morgan fingerprint density at radius 1 is 0.652 bits per heavy atom. The zero-order chi connectivity index (χ0) is 18.8. The van der Waals surface area contributed by atoms with Crippen LogP contribution in [0.5, 0.6) is 0 Å². The first kappa shape index (κ1) is 44.5. The van der Waals surface area contributed by atoms with Gasteiger partial charge in [0.2, 0.25) is 0 Å². The first-order valence-corrected chi connectivity index (χ1v) is 6.15. The van der Waals surface area contributed by atoms with Crippen molar-refractivity contribution < 1.29 is 133 Å². The number of hydrogen-bond donors (Lipinski definition) is 12. The van der Waals surface area contributed by atoms with Gasteiger partial charge in [-0.2, -0.15) is 4.21 Å². The first-order valence-electron chi connectivity index (χ1n) is 3.75. The molecule has 23 heavy (non-hydrogen) atoms. The largest absolute Gasteiger partial charge is 1.00 e. The van der Waals surface area contributed by atoms with Crippen LogP contribution in [-0.4, -0.2) is 92.8 Å². The standard InChI is InChI=1S/3BH3O3.BHO3.2Na.H2O3S2/c4*2-1(3)4;;;1-5(2,3)4/h3*2-4H;2H;;;(H2,1,2,3,4)/q;;;-2;2*+1;. The zero-order valence-corrected chi connectivity index (χ0v) is 17.4. The molecule has 0 spiro atoms. The average Bonchev–Trinajstić information content (AvgIpc) is 1.91. The van der Waals surface area contributed by atoms with Crippen LogP contribution in [0, 0.1) is 0 Å². The molecular weight excluding hydrogens is 393 g/mol. The summed E-state index contributed by atoms with van der Waals surface area (Å²) < 4.78 is 24.0. The molecule has 0 saturated carbocycles. The predicted octanol–water partition coefficient (Wildman–Crippen LogP) is -15.8. The van der Waals surface area contributed by atoms with E-state index in [1.54, 1.807) is 0 Å². The van der Waals surface area contributed by atoms with Gasteiger partial charge in [-0.15, -0.1) is 0 Å². The minimum atomic E-state index is -3.83. The molecule has 0 fully saturated rings. The van der Waals surface area contributed by atoms with Crippen molar-refractivity contribution in [3.63, 3.8) is 0 Å². The minimum absolute atomic E-state index is 0. The van der Waals surface area contributed by atoms with Crippen molar-refractivity contribution in [1.29, 1.82) is 0 Å². The maximum Gasteiger partial charge on any atom is 1.00 e. The van der Waals surface area contributed by atoms with Crippen molar-refractivity contribution in [3.8, 4) is 0 Å². The van der Waals surface area contributed by atoms with Crippen molar-refractivity contribution in [2.45, 2.75) is 0 Å². The third kappa shape index (κ3) is 2740. The second kappa shape index (κ2) is 31.8. The molecule has 0 aliphatic rings. The Morgan fingerprint density at radius 3 is 0.652 bits per heavy atom. The van der Waals surface area contributed by atoms with E-state index < -0.39 is 38.3 Å². The first-order chi connectivity index (χ1) is 8.93. The minimum Gasteiger partial charge on any atom is -0.871 e. The molecule has 0 amide bonds. The summed E-state index contributed by atoms with van der Waals surface area (Å²) in [4.78, 5) is 0. The van der Waals surface area contributed by atoms with Gasteiger partial charge in [-0.25, -0.2) is 0 Å². The van der Waals surface area contributed by atoms with E-state index in [1.165, 1.54) is 0 Å². The smallest absolute Gasteiger partial charge is 0.871 e. The summed E-state index contributed by atoms with van der Waals surface area (Å²) in [5, 5.41) is 88.5. The molecule has 0 bridgehead atoms. The normalized spacial score (nSPS) is 7.22. The SMILES string of the molecule is O=S(O)(O)=S.OB(O)O.OB(O)O.OB(O)O.[Na+].[Na+].[O-]B([O-])O. The second-order valence-corrected chi connectivity index (χ2v) is 3.99. The summed E-state index contributed by atoms with van der Waals surface area (Å²) in [6, 6.07) is 0. The molecule has 0 atom stereocenters. The van der Waals surface area contributed by atoms with Gasteiger partial charge in [-0.1, -0.05) is 0 Å². The molecule has 12 N–H and O–H groups in total. The molecule has 15 nitrogen and oxygen atoms in total. The molecule has 0 aromatic carbocycles. The Balaban J connectivity index is -0.0000000273. The quantitative estimate of drug-likeness (QED) is 0.166. The summed E-state index contributed by atoms with van der Waals surface area (Å²) in [6.45, 7) is 0. The van der Waals surface area contributed by atoms with Crippen LogP contribution >= 0.6 is 0 Å². The van der Waals surface area contributed by atoms with Gasteiger partial charge in [0, 0.05) is 11.2 Å². The van der Waals surface area contributed by atoms with Crippen molar-refractivity contribution in [2.75, 3.05) is 0 Å². The molecule has 0 rings (SSSR count). The molecule has 0 aliphatic carbocycles. The molecule has 0 saturated heterocycles. The molecule has 0 heterocycles. The second-order valence-electron chi connectivity index (χ2n) is 1.79. The Hall–Kier alpha value is 2.07. The van der Waals surface area contributed by atoms with Gasteiger partial charge in [-0.05, 0) is 0 Å². The Labute approximate surface area is 180 Å². The van der Waals surface area contributed by atoms with Gasteiger partial charge in [0.05, 0.1) is 7.32 Å². The topological polar surface area (TPSA) is 306 Å². The van der Waals surface area contributed by atoms with E-state index in [-0.39, 0.29) is 59.1 Å². The zero-order valence-electron chi connectivity index (χ0n) is 11.7. The molecule has 0 unspecified atom stereocenters. The summed E-state index contributed by atoms with van der Waals surface area (Å²) in [6.07, 6.45) is 0. The third-order valence-electron chi connectivity index (χ3n) is 0. The van der Waals surface area contributed by atoms with Gasteiger partial charge in [0.1, 0.15) is 0 Å². The van der Waals surface area contributed by atoms with Gasteiger partial charge < -0.3 is 60.3 Å². The Morgan fingerprint density at radius 2 is 0.652 bits per heavy atom. The summed E-state index contributed by atoms with van der Waals surface area (Å²) in [5.41, 5.74) is 0.